The van der Waals surface area contributed by atoms with E-state index in [0.717, 1.165) is 18.2 Å². The van der Waals surface area contributed by atoms with E-state index in [1.54, 1.807) is 0 Å². The molecule has 7 heteroatoms. The molecule has 0 aromatic heterocycles. The molecule has 0 heterocycles. The Morgan fingerprint density at radius 3 is 2.53 bits per heavy atom. The molecular weight excluding hydrogens is 240 g/mol. The van der Waals surface area contributed by atoms with Crippen LogP contribution in [-0.2, 0) is 0 Å². The first kappa shape index (κ1) is 13.3. The van der Waals surface area contributed by atoms with Gasteiger partial charge in [-0.25, -0.2) is 4.39 Å². The molecule has 0 fully saturated rings. The summed E-state index contributed by atoms with van der Waals surface area (Å²) in [6.45, 7) is -0.602. The molecule has 1 aromatic carbocycles. The van der Waals surface area contributed by atoms with E-state index in [1.807, 2.05) is 0 Å². The summed E-state index contributed by atoms with van der Waals surface area (Å²) < 4.78 is 53.3. The van der Waals surface area contributed by atoms with Crippen LogP contribution in [0.25, 0.3) is 0 Å². The van der Waals surface area contributed by atoms with Crippen molar-refractivity contribution in [1.29, 1.82) is 5.41 Å². The van der Waals surface area contributed by atoms with Crippen LogP contribution in [0.15, 0.2) is 18.2 Å². The number of nitrogens with one attached hydrogen (secondary N) is 1. The monoisotopic (exact) mass is 250 g/mol. The molecule has 0 radical (unpaired) electrons. The van der Waals surface area contributed by atoms with E-state index in [4.69, 9.17) is 15.9 Å². The van der Waals surface area contributed by atoms with Crippen LogP contribution in [0, 0.1) is 11.2 Å². The summed E-state index contributed by atoms with van der Waals surface area (Å²) in [5.74, 6) is -1.15. The van der Waals surface area contributed by atoms with Gasteiger partial charge in [0.2, 0.25) is 0 Å². The number of nitrogens with two attached hydrogens (primary N) is 1. The number of amidine groups is 1. The molecule has 3 nitrogen and oxygen atoms in total. The normalized spacial score (nSPS) is 11.3. The van der Waals surface area contributed by atoms with E-state index in [1.165, 1.54) is 0 Å². The average molecular weight is 250 g/mol. The minimum atomic E-state index is -4.32. The quantitative estimate of drug-likeness (QED) is 0.490. The first-order valence-corrected chi connectivity index (χ1v) is 4.63. The van der Waals surface area contributed by atoms with Gasteiger partial charge in [-0.15, -0.1) is 0 Å². The molecule has 0 aliphatic carbocycles. The third-order valence-electron chi connectivity index (χ3n) is 1.87. The number of alkyl halides is 3. The Bertz CT molecular complexity index is 417. The second-order valence-electron chi connectivity index (χ2n) is 3.27. The van der Waals surface area contributed by atoms with E-state index in [9.17, 15) is 17.6 Å². The van der Waals surface area contributed by atoms with Crippen LogP contribution in [0.2, 0.25) is 0 Å². The molecular formula is C10H10F4N2O. The zero-order valence-corrected chi connectivity index (χ0v) is 8.64. The van der Waals surface area contributed by atoms with Gasteiger partial charge in [-0.1, -0.05) is 0 Å². The first-order chi connectivity index (χ1) is 7.79. The fourth-order valence-corrected chi connectivity index (χ4v) is 1.12. The predicted octanol–water partition coefficient (Wildman–Crippen LogP) is 2.44. The van der Waals surface area contributed by atoms with Crippen molar-refractivity contribution >= 4 is 5.84 Å². The van der Waals surface area contributed by atoms with Gasteiger partial charge in [-0.3, -0.25) is 5.41 Å². The van der Waals surface area contributed by atoms with Crippen molar-refractivity contribution in [2.45, 2.75) is 12.6 Å². The van der Waals surface area contributed by atoms with Crippen LogP contribution in [-0.4, -0.2) is 18.6 Å². The van der Waals surface area contributed by atoms with Crippen molar-refractivity contribution in [2.75, 3.05) is 6.61 Å². The Hall–Kier alpha value is -1.79. The lowest BCUT2D eigenvalue weighted by Gasteiger charge is -2.11. The van der Waals surface area contributed by atoms with Crippen LogP contribution < -0.4 is 10.5 Å². The number of halogens is 4. The molecule has 0 aliphatic rings. The van der Waals surface area contributed by atoms with E-state index in [2.05, 4.69) is 0 Å². The number of hydrogen-bond donors (Lipinski definition) is 2. The smallest absolute Gasteiger partial charge is 0.392 e. The lowest BCUT2D eigenvalue weighted by molar-refractivity contribution is -0.139. The van der Waals surface area contributed by atoms with E-state index < -0.39 is 30.9 Å². The van der Waals surface area contributed by atoms with Crippen LogP contribution in [0.3, 0.4) is 0 Å². The van der Waals surface area contributed by atoms with Crippen LogP contribution >= 0.6 is 0 Å². The van der Waals surface area contributed by atoms with Crippen molar-refractivity contribution in [3.8, 4) is 5.75 Å². The molecule has 0 unspecified atom stereocenters. The van der Waals surface area contributed by atoms with Crippen molar-refractivity contribution in [2.24, 2.45) is 5.73 Å². The van der Waals surface area contributed by atoms with Gasteiger partial charge >= 0.3 is 6.18 Å². The summed E-state index contributed by atoms with van der Waals surface area (Å²) in [4.78, 5) is 0. The van der Waals surface area contributed by atoms with Crippen molar-refractivity contribution in [1.82, 2.24) is 0 Å². The fourth-order valence-electron chi connectivity index (χ4n) is 1.12. The third kappa shape index (κ3) is 4.29. The Morgan fingerprint density at radius 1 is 1.35 bits per heavy atom. The maximum absolute atomic E-state index is 12.8. The molecule has 1 aromatic rings. The fraction of sp³-hybridized carbons (Fsp3) is 0.300. The second kappa shape index (κ2) is 5.03. The number of ether oxygens (including phenoxy) is 1. The maximum Gasteiger partial charge on any atom is 0.392 e. The van der Waals surface area contributed by atoms with Gasteiger partial charge in [0.1, 0.15) is 17.4 Å². The Balaban J connectivity index is 2.74. The summed E-state index contributed by atoms with van der Waals surface area (Å²) in [5.41, 5.74) is 5.09. The molecule has 1 rings (SSSR count). The van der Waals surface area contributed by atoms with Gasteiger partial charge < -0.3 is 10.5 Å². The second-order valence-corrected chi connectivity index (χ2v) is 3.27. The number of rotatable bonds is 4. The minimum absolute atomic E-state index is 0.0387. The summed E-state index contributed by atoms with van der Waals surface area (Å²) in [6, 6.07) is 3.10. The molecule has 0 aliphatic heterocycles. The zero-order chi connectivity index (χ0) is 13.1. The lowest BCUT2D eigenvalue weighted by atomic mass is 10.2. The molecule has 3 N–H and O–H groups in total. The molecule has 0 saturated carbocycles. The first-order valence-electron chi connectivity index (χ1n) is 4.63. The highest BCUT2D eigenvalue weighted by Gasteiger charge is 2.27. The zero-order valence-electron chi connectivity index (χ0n) is 8.64. The van der Waals surface area contributed by atoms with Gasteiger partial charge in [0, 0.05) is 0 Å². The van der Waals surface area contributed by atoms with Crippen molar-refractivity contribution < 1.29 is 22.3 Å². The Labute approximate surface area is 94.7 Å². The highest BCUT2D eigenvalue weighted by molar-refractivity contribution is 5.97. The van der Waals surface area contributed by atoms with Crippen LogP contribution in [0.1, 0.15) is 12.0 Å². The summed E-state index contributed by atoms with van der Waals surface area (Å²) in [5, 5.41) is 7.14. The third-order valence-corrected chi connectivity index (χ3v) is 1.87. The highest BCUT2D eigenvalue weighted by atomic mass is 19.4. The number of hydrogen-bond acceptors (Lipinski definition) is 2. The topological polar surface area (TPSA) is 59.1 Å². The summed E-state index contributed by atoms with van der Waals surface area (Å²) in [6.07, 6.45) is -5.45. The largest absolute Gasteiger partial charge is 0.492 e. The lowest BCUT2D eigenvalue weighted by Crippen LogP contribution is -2.16. The van der Waals surface area contributed by atoms with E-state index in [0.29, 0.717) is 0 Å². The van der Waals surface area contributed by atoms with Crippen LogP contribution in [0.4, 0.5) is 17.6 Å². The van der Waals surface area contributed by atoms with Crippen LogP contribution in [0.5, 0.6) is 5.75 Å². The number of nitrogen functional groups attached to an aromatic ring is 1. The van der Waals surface area contributed by atoms with Crippen molar-refractivity contribution in [3.05, 3.63) is 29.6 Å². The Kier molecular flexibility index (Phi) is 3.93. The summed E-state index contributed by atoms with van der Waals surface area (Å²) in [7, 11) is 0. The standard InChI is InChI=1S/C10H10F4N2O/c11-6-1-2-8(7(5-6)9(15)16)17-4-3-10(12,13)14/h1-2,5H,3-4H2,(H3,15,16). The molecule has 0 atom stereocenters. The maximum atomic E-state index is 12.8. The minimum Gasteiger partial charge on any atom is -0.492 e. The molecule has 17 heavy (non-hydrogen) atoms. The summed E-state index contributed by atoms with van der Waals surface area (Å²) >= 11 is 0. The van der Waals surface area contributed by atoms with E-state index >= 15 is 0 Å². The van der Waals surface area contributed by atoms with Gasteiger partial charge in [0.05, 0.1) is 18.6 Å². The van der Waals surface area contributed by atoms with Gasteiger partial charge in [0.15, 0.2) is 0 Å². The van der Waals surface area contributed by atoms with Gasteiger partial charge in [-0.2, -0.15) is 13.2 Å². The van der Waals surface area contributed by atoms with Gasteiger partial charge in [-0.05, 0) is 18.2 Å². The SMILES string of the molecule is N=C(N)c1cc(F)ccc1OCCC(F)(F)F. The molecule has 94 valence electrons. The highest BCUT2D eigenvalue weighted by Crippen LogP contribution is 2.23. The number of benzene rings is 1. The molecule has 0 bridgehead atoms. The average Bonchev–Trinajstić information content (AvgIpc) is 2.18. The molecule has 0 saturated heterocycles. The van der Waals surface area contributed by atoms with Crippen molar-refractivity contribution in [3.63, 3.8) is 0 Å². The van der Waals surface area contributed by atoms with Gasteiger partial charge in [0.25, 0.3) is 0 Å². The molecule has 0 spiro atoms. The Morgan fingerprint density at radius 2 is 2.00 bits per heavy atom. The molecule has 0 amide bonds. The predicted molar refractivity (Wildman–Crippen MR) is 53.6 cm³/mol. The van der Waals surface area contributed by atoms with E-state index in [-0.39, 0.29) is 11.3 Å².